The maximum atomic E-state index is 9.47. The molecular weight excluding hydrogens is 1040 g/mol. The maximum absolute atomic E-state index is 9.47. The molecule has 6 nitrogen and oxygen atoms in total. The number of fused-ring (bicyclic) bond motifs is 7. The predicted octanol–water partition coefficient (Wildman–Crippen LogP) is 16.6. The molecule has 0 bridgehead atoms. The first-order chi connectivity index (χ1) is 40.0. The standard InChI is InChI=1S/C63H52N5O.Pt/c1-41-32-60(64-39-52(41)42-20-9-8-10-21-42)68-55-29-16-13-26-51(55)61-58(67-53-27-14-11-24-49(53)50-25-12-15-28-54(50)67)37-48(38-59(61)68)69-47-23-19-22-45(36-47)65-40-66(57-31-18-17-30-56(57)65)46-34-43(62(2,3)4)33-44(35-46)63(5,6)7;/h8-35,37,39-40H,1-7H3;/q-3;/i1D3,8D,9D,10D,11D,12D,14D,15D,20D,21D,24D,25D,27D,28D;. The van der Waals surface area contributed by atoms with Crippen LogP contribution in [-0.2, 0) is 31.9 Å². The first kappa shape index (κ1) is 30.3. The minimum atomic E-state index is -2.95. The molecule has 1 aliphatic heterocycles. The fourth-order valence-corrected chi connectivity index (χ4v) is 9.13. The van der Waals surface area contributed by atoms with Crippen LogP contribution in [0.15, 0.2) is 182 Å². The van der Waals surface area contributed by atoms with Crippen molar-refractivity contribution in [1.82, 2.24) is 14.1 Å². The SMILES string of the molecule is [2H]c1c([2H])c([2H])c(-c2cnc(-n3c4[c-]c(Oc5[c-]c(N6[CH-]N(c7cc(C(C)(C)C)cc(C(C)(C)C)c7)c7ccccc76)ccc5)cc(-n5c6c([2H])c([2H])c([2H])c([2H])c6c6c([2H])c([2H])c([2H])c([2H])c65)c4c4ccccc43)cc2C([2H])([2H])[2H])c([2H])c1[2H].[Pt]. The van der Waals surface area contributed by atoms with Gasteiger partial charge in [-0.05, 0) is 99.5 Å². The van der Waals surface area contributed by atoms with Crippen LogP contribution < -0.4 is 14.5 Å². The van der Waals surface area contributed by atoms with Crippen molar-refractivity contribution >= 4 is 66.4 Å². The van der Waals surface area contributed by atoms with Gasteiger partial charge in [-0.2, -0.15) is 6.07 Å². The Morgan fingerprint density at radius 3 is 1.91 bits per heavy atom. The second-order valence-electron chi connectivity index (χ2n) is 19.1. The van der Waals surface area contributed by atoms with Gasteiger partial charge in [0.1, 0.15) is 5.82 Å². The Balaban J connectivity index is 0.00000768. The molecule has 7 heteroatoms. The summed E-state index contributed by atoms with van der Waals surface area (Å²) in [5.74, 6) is 0.139. The largest absolute Gasteiger partial charge is 0.509 e. The van der Waals surface area contributed by atoms with Crippen LogP contribution in [-0.4, -0.2) is 14.1 Å². The third-order valence-electron chi connectivity index (χ3n) is 12.6. The normalized spacial score (nSPS) is 16.3. The second kappa shape index (κ2) is 17.2. The topological polar surface area (TPSA) is 38.5 Å². The van der Waals surface area contributed by atoms with Crippen LogP contribution >= 0.6 is 0 Å². The molecule has 0 saturated heterocycles. The van der Waals surface area contributed by atoms with E-state index in [4.69, 9.17) is 26.2 Å². The van der Waals surface area contributed by atoms with Crippen LogP contribution in [0.2, 0.25) is 0 Å². The number of hydrogen-bond donors (Lipinski definition) is 0. The molecular formula is C63H52N5OPt-3. The molecule has 3 aromatic heterocycles. The van der Waals surface area contributed by atoms with Crippen molar-refractivity contribution < 1.29 is 47.7 Å². The van der Waals surface area contributed by atoms with E-state index in [1.165, 1.54) is 21.8 Å². The summed E-state index contributed by atoms with van der Waals surface area (Å²) in [5, 5.41) is 0.441. The third kappa shape index (κ3) is 7.66. The van der Waals surface area contributed by atoms with Gasteiger partial charge in [-0.1, -0.05) is 155 Å². The molecule has 0 aliphatic carbocycles. The summed E-state index contributed by atoms with van der Waals surface area (Å²) in [6.45, 7) is 12.2. The van der Waals surface area contributed by atoms with E-state index in [-0.39, 0.29) is 93.3 Å². The fraction of sp³-hybridized carbons (Fsp3) is 0.143. The van der Waals surface area contributed by atoms with E-state index >= 15 is 0 Å². The molecule has 4 heterocycles. The van der Waals surface area contributed by atoms with Crippen LogP contribution in [0.3, 0.4) is 0 Å². The Hall–Kier alpha value is -7.40. The predicted molar refractivity (Wildman–Crippen MR) is 286 cm³/mol. The van der Waals surface area contributed by atoms with Crippen molar-refractivity contribution in [3.63, 3.8) is 0 Å². The van der Waals surface area contributed by atoms with Gasteiger partial charge in [-0.3, -0.25) is 0 Å². The van der Waals surface area contributed by atoms with E-state index in [9.17, 15) is 5.48 Å². The summed E-state index contributed by atoms with van der Waals surface area (Å²) in [5.41, 5.74) is 4.71. The van der Waals surface area contributed by atoms with Gasteiger partial charge >= 0.3 is 0 Å². The Labute approximate surface area is 447 Å². The van der Waals surface area contributed by atoms with E-state index in [1.54, 1.807) is 47.0 Å². The van der Waals surface area contributed by atoms with E-state index in [2.05, 4.69) is 76.8 Å². The number of benzene rings is 8. The monoisotopic (exact) mass is 1110 g/mol. The molecule has 1 aliphatic rings. The zero-order chi connectivity index (χ0) is 61.0. The van der Waals surface area contributed by atoms with Crippen LogP contribution in [0, 0.1) is 25.7 Å². The Morgan fingerprint density at radius 2 is 1.23 bits per heavy atom. The van der Waals surface area contributed by atoms with Crippen molar-refractivity contribution in [2.45, 2.75) is 59.2 Å². The zero-order valence-corrected chi connectivity index (χ0v) is 41.1. The zero-order valence-electron chi connectivity index (χ0n) is 54.9. The van der Waals surface area contributed by atoms with Gasteiger partial charge in [0.25, 0.3) is 0 Å². The molecule has 11 aromatic rings. The summed E-state index contributed by atoms with van der Waals surface area (Å²) >= 11 is 0. The molecule has 0 N–H and O–H groups in total. The third-order valence-corrected chi connectivity index (χ3v) is 12.6. The molecule has 0 saturated carbocycles. The van der Waals surface area contributed by atoms with Gasteiger partial charge in [-0.25, -0.2) is 4.98 Å². The molecule has 12 rings (SSSR count). The van der Waals surface area contributed by atoms with Crippen LogP contribution in [0.5, 0.6) is 11.5 Å². The molecule has 348 valence electrons. The maximum Gasteiger partial charge on any atom is 0.135 e. The summed E-state index contributed by atoms with van der Waals surface area (Å²) in [4.78, 5) is 8.90. The van der Waals surface area contributed by atoms with Crippen LogP contribution in [0.1, 0.15) is 80.2 Å². The molecule has 0 fully saturated rings. The number of ether oxygens (including phenoxy) is 1. The van der Waals surface area contributed by atoms with Crippen molar-refractivity contribution in [3.05, 3.63) is 217 Å². The van der Waals surface area contributed by atoms with Crippen LogP contribution in [0.4, 0.5) is 22.7 Å². The number of para-hydroxylation sites is 5. The number of hydrogen-bond acceptors (Lipinski definition) is 4. The molecule has 0 amide bonds. The second-order valence-corrected chi connectivity index (χ2v) is 19.1. The van der Waals surface area contributed by atoms with Crippen LogP contribution in [0.25, 0.3) is 66.2 Å². The first-order valence-electron chi connectivity index (χ1n) is 30.5. The number of rotatable bonds is 7. The molecule has 70 heavy (non-hydrogen) atoms. The molecule has 0 atom stereocenters. The Kier molecular flexibility index (Phi) is 7.45. The van der Waals surface area contributed by atoms with Gasteiger partial charge in [0.2, 0.25) is 0 Å². The molecule has 0 spiro atoms. The van der Waals surface area contributed by atoms with Gasteiger partial charge in [-0.15, -0.1) is 42.7 Å². The molecule has 0 unspecified atom stereocenters. The van der Waals surface area contributed by atoms with Gasteiger partial charge in [0.15, 0.2) is 0 Å². The number of aromatic nitrogens is 3. The van der Waals surface area contributed by atoms with Crippen molar-refractivity contribution in [2.24, 2.45) is 0 Å². The first-order valence-corrected chi connectivity index (χ1v) is 22.5. The molecule has 0 radical (unpaired) electrons. The number of pyridine rings is 1. The van der Waals surface area contributed by atoms with E-state index < -0.39 is 91.0 Å². The smallest absolute Gasteiger partial charge is 0.135 e. The fourth-order valence-electron chi connectivity index (χ4n) is 9.13. The van der Waals surface area contributed by atoms with E-state index in [1.807, 2.05) is 41.9 Å². The van der Waals surface area contributed by atoms with E-state index in [0.717, 1.165) is 23.3 Å². The van der Waals surface area contributed by atoms with Crippen molar-refractivity contribution in [1.29, 1.82) is 0 Å². The van der Waals surface area contributed by atoms with Crippen molar-refractivity contribution in [2.75, 3.05) is 9.80 Å². The minimum Gasteiger partial charge on any atom is -0.509 e. The number of anilines is 4. The molecule has 8 aromatic carbocycles. The summed E-state index contributed by atoms with van der Waals surface area (Å²) in [7, 11) is 0. The Morgan fingerprint density at radius 1 is 0.586 bits per heavy atom. The van der Waals surface area contributed by atoms with Gasteiger partial charge in [0, 0.05) is 81.8 Å². The van der Waals surface area contributed by atoms with E-state index in [0.29, 0.717) is 22.0 Å². The number of aryl methyl sites for hydroxylation is 1. The number of nitrogens with zero attached hydrogens (tertiary/aromatic N) is 5. The average Bonchev–Trinajstić information content (AvgIpc) is 1.55. The summed E-state index contributed by atoms with van der Waals surface area (Å²) in [6.07, 6.45) is 1.15. The average molecular weight is 1110 g/mol. The quantitative estimate of drug-likeness (QED) is 0.149. The minimum absolute atomic E-state index is 0. The summed E-state index contributed by atoms with van der Waals surface area (Å²) in [6, 6.07) is 28.7. The summed E-state index contributed by atoms with van der Waals surface area (Å²) < 4.78 is 152. The van der Waals surface area contributed by atoms with Gasteiger partial charge in [0.05, 0.1) is 28.9 Å². The van der Waals surface area contributed by atoms with Gasteiger partial charge < -0.3 is 23.7 Å². The van der Waals surface area contributed by atoms with Crippen molar-refractivity contribution in [3.8, 4) is 34.1 Å². The Bertz CT molecular complexity index is 4560.